The first-order valence-corrected chi connectivity index (χ1v) is 10.9. The third-order valence-electron chi connectivity index (χ3n) is 5.16. The van der Waals surface area contributed by atoms with Crippen LogP contribution < -0.4 is 16.1 Å². The SMILES string of the molecule is CCN(C(=O)CCc1nc(-c2nn(-c3ccc(Cl)cc3)c(=O)n(C)c2=O)no1)c1ccccc1. The zero-order valence-corrected chi connectivity index (χ0v) is 19.3. The van der Waals surface area contributed by atoms with Gasteiger partial charge in [-0.05, 0) is 43.3 Å². The lowest BCUT2D eigenvalue weighted by molar-refractivity contribution is -0.118. The maximum absolute atomic E-state index is 12.7. The lowest BCUT2D eigenvalue weighted by atomic mass is 10.2. The third kappa shape index (κ3) is 4.67. The Kier molecular flexibility index (Phi) is 6.69. The number of carbonyl (C=O) groups excluding carboxylic acids is 1. The molecule has 0 saturated carbocycles. The van der Waals surface area contributed by atoms with Crippen molar-refractivity contribution < 1.29 is 9.32 Å². The monoisotopic (exact) mass is 480 g/mol. The second-order valence-corrected chi connectivity index (χ2v) is 7.81. The molecule has 2 aromatic carbocycles. The summed E-state index contributed by atoms with van der Waals surface area (Å²) in [5.74, 6) is 0.0144. The van der Waals surface area contributed by atoms with E-state index in [0.717, 1.165) is 14.9 Å². The molecule has 0 spiro atoms. The van der Waals surface area contributed by atoms with Gasteiger partial charge < -0.3 is 9.42 Å². The molecular formula is C23H21ClN6O4. The van der Waals surface area contributed by atoms with Gasteiger partial charge in [-0.25, -0.2) is 4.79 Å². The average Bonchev–Trinajstić information content (AvgIpc) is 3.32. The summed E-state index contributed by atoms with van der Waals surface area (Å²) in [5, 5.41) is 8.50. The molecule has 0 aliphatic heterocycles. The normalized spacial score (nSPS) is 10.9. The van der Waals surface area contributed by atoms with Crippen LogP contribution in [0, 0.1) is 0 Å². The van der Waals surface area contributed by atoms with Crippen LogP contribution in [0.2, 0.25) is 5.02 Å². The topological polar surface area (TPSA) is 116 Å². The summed E-state index contributed by atoms with van der Waals surface area (Å²) in [5.41, 5.74) is -0.233. The number of halogens is 1. The first kappa shape index (κ1) is 23.1. The van der Waals surface area contributed by atoms with Gasteiger partial charge in [0.1, 0.15) is 0 Å². The lowest BCUT2D eigenvalue weighted by Gasteiger charge is -2.20. The number of para-hydroxylation sites is 1. The van der Waals surface area contributed by atoms with E-state index in [2.05, 4.69) is 15.2 Å². The van der Waals surface area contributed by atoms with Crippen LogP contribution in [0.15, 0.2) is 68.7 Å². The predicted molar refractivity (Wildman–Crippen MR) is 126 cm³/mol. The largest absolute Gasteiger partial charge is 0.351 e. The molecule has 11 heteroatoms. The summed E-state index contributed by atoms with van der Waals surface area (Å²) in [4.78, 5) is 43.8. The van der Waals surface area contributed by atoms with Crippen LogP contribution in [-0.4, -0.2) is 36.9 Å². The van der Waals surface area contributed by atoms with Crippen molar-refractivity contribution in [2.75, 3.05) is 11.4 Å². The Morgan fingerprint density at radius 1 is 1.09 bits per heavy atom. The van der Waals surface area contributed by atoms with Gasteiger partial charge in [-0.2, -0.15) is 14.8 Å². The molecule has 34 heavy (non-hydrogen) atoms. The van der Waals surface area contributed by atoms with Gasteiger partial charge in [0.05, 0.1) is 5.69 Å². The molecule has 4 rings (SSSR count). The van der Waals surface area contributed by atoms with Crippen molar-refractivity contribution in [2.24, 2.45) is 7.05 Å². The Labute approximate surface area is 199 Å². The number of benzene rings is 2. The molecule has 2 heterocycles. The lowest BCUT2D eigenvalue weighted by Crippen LogP contribution is -2.40. The molecule has 2 aromatic heterocycles. The number of carbonyl (C=O) groups is 1. The maximum Gasteiger partial charge on any atom is 0.351 e. The van der Waals surface area contributed by atoms with Crippen LogP contribution in [0.4, 0.5) is 5.69 Å². The summed E-state index contributed by atoms with van der Waals surface area (Å²) >= 11 is 5.92. The van der Waals surface area contributed by atoms with E-state index in [4.69, 9.17) is 16.1 Å². The molecule has 0 aliphatic rings. The molecule has 0 N–H and O–H groups in total. The Bertz CT molecular complexity index is 1430. The average molecular weight is 481 g/mol. The molecule has 0 saturated heterocycles. The summed E-state index contributed by atoms with van der Waals surface area (Å²) in [6.45, 7) is 2.41. The van der Waals surface area contributed by atoms with Crippen molar-refractivity contribution in [3.05, 3.63) is 86.3 Å². The van der Waals surface area contributed by atoms with Crippen molar-refractivity contribution in [3.63, 3.8) is 0 Å². The molecule has 4 aromatic rings. The van der Waals surface area contributed by atoms with Gasteiger partial charge in [0.25, 0.3) is 5.56 Å². The Balaban J connectivity index is 1.57. The van der Waals surface area contributed by atoms with Crippen LogP contribution in [0.3, 0.4) is 0 Å². The van der Waals surface area contributed by atoms with Gasteiger partial charge in [-0.15, -0.1) is 0 Å². The van der Waals surface area contributed by atoms with Crippen molar-refractivity contribution in [1.82, 2.24) is 24.5 Å². The van der Waals surface area contributed by atoms with E-state index in [-0.39, 0.29) is 36.2 Å². The van der Waals surface area contributed by atoms with Crippen LogP contribution in [0.25, 0.3) is 17.2 Å². The molecule has 0 bridgehead atoms. The minimum Gasteiger partial charge on any atom is -0.339 e. The molecule has 0 atom stereocenters. The predicted octanol–water partition coefficient (Wildman–Crippen LogP) is 2.62. The summed E-state index contributed by atoms with van der Waals surface area (Å²) in [6.07, 6.45) is 0.326. The number of hydrogen-bond donors (Lipinski definition) is 0. The highest BCUT2D eigenvalue weighted by molar-refractivity contribution is 6.30. The highest BCUT2D eigenvalue weighted by Crippen LogP contribution is 2.16. The van der Waals surface area contributed by atoms with Crippen molar-refractivity contribution >= 4 is 23.2 Å². The number of aromatic nitrogens is 5. The minimum absolute atomic E-state index is 0.0684. The van der Waals surface area contributed by atoms with E-state index in [1.807, 2.05) is 37.3 Å². The number of anilines is 1. The van der Waals surface area contributed by atoms with Crippen molar-refractivity contribution in [3.8, 4) is 17.2 Å². The minimum atomic E-state index is -0.667. The quantitative estimate of drug-likeness (QED) is 0.399. The van der Waals surface area contributed by atoms with Crippen LogP contribution in [-0.2, 0) is 18.3 Å². The third-order valence-corrected chi connectivity index (χ3v) is 5.42. The first-order valence-electron chi connectivity index (χ1n) is 10.5. The van der Waals surface area contributed by atoms with E-state index in [1.54, 1.807) is 29.2 Å². The van der Waals surface area contributed by atoms with Gasteiger partial charge in [0.15, 0.2) is 5.69 Å². The molecule has 10 nitrogen and oxygen atoms in total. The Hall–Kier alpha value is -4.05. The second kappa shape index (κ2) is 9.84. The number of nitrogens with zero attached hydrogens (tertiary/aromatic N) is 6. The first-order chi connectivity index (χ1) is 16.4. The molecule has 1 amide bonds. The molecular weight excluding hydrogens is 460 g/mol. The molecule has 0 fully saturated rings. The van der Waals surface area contributed by atoms with Gasteiger partial charge in [-0.1, -0.05) is 35.0 Å². The van der Waals surface area contributed by atoms with Crippen molar-refractivity contribution in [2.45, 2.75) is 19.8 Å². The van der Waals surface area contributed by atoms with Crippen molar-refractivity contribution in [1.29, 1.82) is 0 Å². The van der Waals surface area contributed by atoms with Crippen LogP contribution >= 0.6 is 11.6 Å². The molecule has 0 unspecified atom stereocenters. The molecule has 174 valence electrons. The van der Waals surface area contributed by atoms with Gasteiger partial charge in [-0.3, -0.25) is 14.2 Å². The highest BCUT2D eigenvalue weighted by atomic mass is 35.5. The summed E-state index contributed by atoms with van der Waals surface area (Å²) < 4.78 is 7.22. The van der Waals surface area contributed by atoms with E-state index in [0.29, 0.717) is 17.3 Å². The zero-order valence-electron chi connectivity index (χ0n) is 18.5. The van der Waals surface area contributed by atoms with E-state index in [1.165, 1.54) is 7.05 Å². The maximum atomic E-state index is 12.7. The van der Waals surface area contributed by atoms with E-state index >= 15 is 0 Å². The zero-order chi connectivity index (χ0) is 24.2. The van der Waals surface area contributed by atoms with Gasteiger partial charge in [0, 0.05) is 37.1 Å². The fourth-order valence-electron chi connectivity index (χ4n) is 3.38. The van der Waals surface area contributed by atoms with Crippen LogP contribution in [0.1, 0.15) is 19.2 Å². The van der Waals surface area contributed by atoms with E-state index < -0.39 is 11.2 Å². The molecule has 0 radical (unpaired) electrons. The summed E-state index contributed by atoms with van der Waals surface area (Å²) in [6, 6.07) is 15.8. The van der Waals surface area contributed by atoms with Crippen LogP contribution in [0.5, 0.6) is 0 Å². The Morgan fingerprint density at radius 3 is 2.47 bits per heavy atom. The van der Waals surface area contributed by atoms with E-state index in [9.17, 15) is 14.4 Å². The number of hydrogen-bond acceptors (Lipinski definition) is 7. The highest BCUT2D eigenvalue weighted by Gasteiger charge is 2.20. The smallest absolute Gasteiger partial charge is 0.339 e. The Morgan fingerprint density at radius 2 is 1.79 bits per heavy atom. The number of aryl methyl sites for hydroxylation is 1. The fourth-order valence-corrected chi connectivity index (χ4v) is 3.50. The standard InChI is InChI=1S/C23H21ClN6O4/c1-3-29(16-7-5-4-6-8-16)19(31)14-13-18-25-21(27-34-18)20-22(32)28(2)23(33)30(26-20)17-11-9-15(24)10-12-17/h4-12H,3,13-14H2,1-2H3. The fraction of sp³-hybridized carbons (Fsp3) is 0.217. The molecule has 0 aliphatic carbocycles. The number of amides is 1. The van der Waals surface area contributed by atoms with Gasteiger partial charge >= 0.3 is 5.69 Å². The second-order valence-electron chi connectivity index (χ2n) is 7.37. The summed E-state index contributed by atoms with van der Waals surface area (Å²) in [7, 11) is 1.34. The van der Waals surface area contributed by atoms with Gasteiger partial charge in [0.2, 0.25) is 17.6 Å². The number of rotatable bonds is 7.